The quantitative estimate of drug-likeness (QED) is 0.907. The van der Waals surface area contributed by atoms with Crippen molar-refractivity contribution in [2.45, 2.75) is 39.3 Å². The molecule has 1 fully saturated rings. The number of carbonyl (C=O) groups is 2. The summed E-state index contributed by atoms with van der Waals surface area (Å²) in [6.45, 7) is 6.56. The topological polar surface area (TPSA) is 80.0 Å². The molecule has 1 aliphatic heterocycles. The molecule has 20 heavy (non-hydrogen) atoms. The minimum Gasteiger partial charge on any atom is -0.481 e. The van der Waals surface area contributed by atoms with Gasteiger partial charge < -0.3 is 19.2 Å². The van der Waals surface area contributed by atoms with E-state index in [-0.39, 0.29) is 30.2 Å². The number of rotatable bonds is 3. The van der Waals surface area contributed by atoms with Crippen molar-refractivity contribution in [3.63, 3.8) is 0 Å². The van der Waals surface area contributed by atoms with E-state index < -0.39 is 5.97 Å². The molecule has 0 spiro atoms. The Morgan fingerprint density at radius 3 is 2.50 bits per heavy atom. The Morgan fingerprint density at radius 1 is 1.35 bits per heavy atom. The molecule has 1 saturated heterocycles. The van der Waals surface area contributed by atoms with Gasteiger partial charge in [-0.05, 0) is 20.8 Å². The first-order valence-electron chi connectivity index (χ1n) is 6.61. The number of hydrogen-bond donors (Lipinski definition) is 1. The van der Waals surface area contributed by atoms with Crippen molar-refractivity contribution in [2.75, 3.05) is 13.2 Å². The van der Waals surface area contributed by atoms with Crippen LogP contribution in [0.2, 0.25) is 0 Å². The second kappa shape index (κ2) is 5.66. The smallest absolute Gasteiger partial charge is 0.311 e. The van der Waals surface area contributed by atoms with E-state index in [0.29, 0.717) is 24.3 Å². The third-order valence-electron chi connectivity index (χ3n) is 3.48. The minimum absolute atomic E-state index is 0.0433. The first-order chi connectivity index (χ1) is 9.41. The van der Waals surface area contributed by atoms with Gasteiger partial charge in [-0.25, -0.2) is 0 Å². The van der Waals surface area contributed by atoms with Gasteiger partial charge in [0.05, 0.1) is 37.1 Å². The van der Waals surface area contributed by atoms with Gasteiger partial charge >= 0.3 is 5.97 Å². The van der Waals surface area contributed by atoms with Crippen molar-refractivity contribution in [3.8, 4) is 0 Å². The van der Waals surface area contributed by atoms with Gasteiger partial charge in [-0.1, -0.05) is 0 Å². The summed E-state index contributed by atoms with van der Waals surface area (Å²) in [6.07, 6.45) is 1.14. The van der Waals surface area contributed by atoms with Crippen LogP contribution in [0.25, 0.3) is 0 Å². The molecule has 0 bridgehead atoms. The third-order valence-corrected chi connectivity index (χ3v) is 3.48. The summed E-state index contributed by atoms with van der Waals surface area (Å²) in [6, 6.07) is -0.0866. The van der Waals surface area contributed by atoms with E-state index in [1.165, 1.54) is 6.26 Å². The number of carboxylic acid groups (broad SMARTS) is 1. The van der Waals surface area contributed by atoms with Crippen LogP contribution in [-0.4, -0.2) is 47.2 Å². The first kappa shape index (κ1) is 14.6. The van der Waals surface area contributed by atoms with Gasteiger partial charge in [-0.3, -0.25) is 9.59 Å². The molecule has 2 heterocycles. The fourth-order valence-corrected chi connectivity index (χ4v) is 2.59. The van der Waals surface area contributed by atoms with Crippen LogP contribution in [-0.2, 0) is 16.0 Å². The number of nitrogens with zero attached hydrogens (tertiary/aromatic N) is 1. The maximum atomic E-state index is 12.7. The van der Waals surface area contributed by atoms with Crippen molar-refractivity contribution >= 4 is 11.9 Å². The Hall–Kier alpha value is -1.82. The molecule has 1 aromatic heterocycles. The summed E-state index contributed by atoms with van der Waals surface area (Å²) in [4.78, 5) is 25.3. The number of furan rings is 1. The number of amides is 1. The molecular formula is C14H19NO5. The molecule has 0 aromatic carbocycles. The lowest BCUT2D eigenvalue weighted by Crippen LogP contribution is -2.52. The van der Waals surface area contributed by atoms with Crippen LogP contribution < -0.4 is 0 Å². The van der Waals surface area contributed by atoms with Crippen LogP contribution in [0.1, 0.15) is 35.5 Å². The molecule has 2 atom stereocenters. The zero-order valence-electron chi connectivity index (χ0n) is 11.9. The van der Waals surface area contributed by atoms with Gasteiger partial charge in [0.2, 0.25) is 0 Å². The molecule has 110 valence electrons. The molecule has 6 nitrogen and oxygen atoms in total. The van der Waals surface area contributed by atoms with E-state index in [0.717, 1.165) is 0 Å². The summed E-state index contributed by atoms with van der Waals surface area (Å²) >= 11 is 0. The van der Waals surface area contributed by atoms with Gasteiger partial charge in [0.25, 0.3) is 5.91 Å². The van der Waals surface area contributed by atoms with Crippen molar-refractivity contribution in [1.82, 2.24) is 4.90 Å². The summed E-state index contributed by atoms with van der Waals surface area (Å²) in [7, 11) is 0. The van der Waals surface area contributed by atoms with Crippen LogP contribution >= 0.6 is 0 Å². The molecule has 2 unspecified atom stereocenters. The number of ether oxygens (including phenoxy) is 1. The number of aliphatic carboxylic acids is 1. The summed E-state index contributed by atoms with van der Waals surface area (Å²) in [5, 5.41) is 8.89. The van der Waals surface area contributed by atoms with Gasteiger partial charge in [0.15, 0.2) is 0 Å². The van der Waals surface area contributed by atoms with E-state index in [1.807, 2.05) is 13.8 Å². The van der Waals surface area contributed by atoms with Gasteiger partial charge in [-0.15, -0.1) is 0 Å². The Labute approximate surface area is 117 Å². The fraction of sp³-hybridized carbons (Fsp3) is 0.571. The second-order valence-electron chi connectivity index (χ2n) is 5.24. The number of hydrogen-bond acceptors (Lipinski definition) is 4. The molecule has 6 heteroatoms. The maximum absolute atomic E-state index is 12.7. The van der Waals surface area contributed by atoms with Gasteiger partial charge in [0, 0.05) is 5.56 Å². The fourth-order valence-electron chi connectivity index (χ4n) is 2.59. The van der Waals surface area contributed by atoms with Crippen molar-refractivity contribution < 1.29 is 23.8 Å². The van der Waals surface area contributed by atoms with E-state index in [9.17, 15) is 9.59 Å². The Morgan fingerprint density at radius 2 is 1.95 bits per heavy atom. The van der Waals surface area contributed by atoms with Crippen molar-refractivity contribution in [2.24, 2.45) is 0 Å². The van der Waals surface area contributed by atoms with E-state index in [4.69, 9.17) is 14.3 Å². The normalized spacial score (nSPS) is 22.9. The highest BCUT2D eigenvalue weighted by Gasteiger charge is 2.33. The van der Waals surface area contributed by atoms with Crippen LogP contribution in [0.3, 0.4) is 0 Å². The van der Waals surface area contributed by atoms with Crippen LogP contribution in [0.15, 0.2) is 10.7 Å². The minimum atomic E-state index is -1.02. The molecule has 2 rings (SSSR count). The highest BCUT2D eigenvalue weighted by molar-refractivity contribution is 5.97. The standard InChI is InChI=1S/C14H19NO5/c1-8-5-20-11(4-12(16)17)13(8)14(18)15-9(2)6-19-7-10(15)3/h5,9-10H,4,6-7H2,1-3H3,(H,16,17). The number of carboxylic acids is 1. The van der Waals surface area contributed by atoms with E-state index in [1.54, 1.807) is 11.8 Å². The highest BCUT2D eigenvalue weighted by Crippen LogP contribution is 2.23. The average molecular weight is 281 g/mol. The lowest BCUT2D eigenvalue weighted by molar-refractivity contribution is -0.136. The lowest BCUT2D eigenvalue weighted by Gasteiger charge is -2.38. The summed E-state index contributed by atoms with van der Waals surface area (Å²) < 4.78 is 10.6. The molecular weight excluding hydrogens is 262 g/mol. The largest absolute Gasteiger partial charge is 0.481 e. The molecule has 1 N–H and O–H groups in total. The highest BCUT2D eigenvalue weighted by atomic mass is 16.5. The van der Waals surface area contributed by atoms with E-state index in [2.05, 4.69) is 0 Å². The molecule has 1 aliphatic rings. The Balaban J connectivity index is 2.32. The molecule has 1 amide bonds. The van der Waals surface area contributed by atoms with E-state index >= 15 is 0 Å². The molecule has 1 aromatic rings. The molecule has 0 radical (unpaired) electrons. The first-order valence-corrected chi connectivity index (χ1v) is 6.61. The zero-order chi connectivity index (χ0) is 14.9. The lowest BCUT2D eigenvalue weighted by atomic mass is 10.1. The van der Waals surface area contributed by atoms with Crippen LogP contribution in [0, 0.1) is 6.92 Å². The van der Waals surface area contributed by atoms with Crippen LogP contribution in [0.5, 0.6) is 0 Å². The second-order valence-corrected chi connectivity index (χ2v) is 5.24. The predicted octanol–water partition coefficient (Wildman–Crippen LogP) is 1.46. The Bertz CT molecular complexity index is 512. The monoisotopic (exact) mass is 281 g/mol. The molecule has 0 aliphatic carbocycles. The number of carbonyl (C=O) groups excluding carboxylic acids is 1. The maximum Gasteiger partial charge on any atom is 0.311 e. The number of aryl methyl sites for hydroxylation is 1. The van der Waals surface area contributed by atoms with Gasteiger partial charge in [0.1, 0.15) is 12.2 Å². The molecule has 0 saturated carbocycles. The van der Waals surface area contributed by atoms with Gasteiger partial charge in [-0.2, -0.15) is 0 Å². The predicted molar refractivity (Wildman–Crippen MR) is 70.7 cm³/mol. The summed E-state index contributed by atoms with van der Waals surface area (Å²) in [5.41, 5.74) is 1.03. The number of morpholine rings is 1. The van der Waals surface area contributed by atoms with Crippen LogP contribution in [0.4, 0.5) is 0 Å². The Kier molecular flexibility index (Phi) is 4.13. The van der Waals surface area contributed by atoms with Crippen molar-refractivity contribution in [3.05, 3.63) is 23.2 Å². The van der Waals surface area contributed by atoms with Crippen molar-refractivity contribution in [1.29, 1.82) is 0 Å². The zero-order valence-corrected chi connectivity index (χ0v) is 11.9. The average Bonchev–Trinajstić information content (AvgIpc) is 2.69. The SMILES string of the molecule is Cc1coc(CC(=O)O)c1C(=O)N1C(C)COCC1C. The third kappa shape index (κ3) is 2.70. The summed E-state index contributed by atoms with van der Waals surface area (Å²) in [5.74, 6) is -0.988.